The predicted octanol–water partition coefficient (Wildman–Crippen LogP) is 3.96. The Bertz CT molecular complexity index is 1350. The predicted molar refractivity (Wildman–Crippen MR) is 134 cm³/mol. The van der Waals surface area contributed by atoms with Crippen LogP contribution in [-0.4, -0.2) is 42.1 Å². The van der Waals surface area contributed by atoms with E-state index >= 15 is 0 Å². The molecule has 12 heteroatoms. The van der Waals surface area contributed by atoms with Crippen LogP contribution in [0, 0.1) is 23.0 Å². The number of ether oxygens (including phenoxy) is 1. The van der Waals surface area contributed by atoms with Crippen molar-refractivity contribution in [1.29, 1.82) is 0 Å². The summed E-state index contributed by atoms with van der Waals surface area (Å²) >= 11 is 0. The van der Waals surface area contributed by atoms with Gasteiger partial charge in [-0.2, -0.15) is 9.78 Å². The van der Waals surface area contributed by atoms with Gasteiger partial charge in [-0.15, -0.1) is 0 Å². The third-order valence-electron chi connectivity index (χ3n) is 5.13. The molecule has 11 nitrogen and oxygen atoms in total. The van der Waals surface area contributed by atoms with Gasteiger partial charge in [-0.05, 0) is 37.5 Å². The lowest BCUT2D eigenvalue weighted by molar-refractivity contribution is -0.385. The maximum Gasteiger partial charge on any atom is 0.272 e. The molecule has 0 aliphatic heterocycles. The summed E-state index contributed by atoms with van der Waals surface area (Å²) in [5.41, 5.74) is 0.670. The average molecular weight is 516 g/mol. The van der Waals surface area contributed by atoms with Crippen molar-refractivity contribution in [2.24, 2.45) is 5.92 Å². The highest BCUT2D eigenvalue weighted by Gasteiger charge is 2.27. The van der Waals surface area contributed by atoms with Gasteiger partial charge in [0.25, 0.3) is 11.6 Å². The number of nitrogens with one attached hydrogen (secondary N) is 2. The Hall–Kier alpha value is -3.77. The summed E-state index contributed by atoms with van der Waals surface area (Å²) in [4.78, 5) is 23.1. The Morgan fingerprint density at radius 1 is 1.19 bits per heavy atom. The molecule has 0 spiro atoms. The second-order valence-electron chi connectivity index (χ2n) is 8.52. The van der Waals surface area contributed by atoms with Crippen molar-refractivity contribution in [3.05, 3.63) is 69.9 Å². The number of nitrogens with zero attached hydrogens (tertiary/aromatic N) is 3. The Kier molecular flexibility index (Phi) is 8.43. The number of carbonyl (C=O) groups excluding carboxylic acids is 1. The first-order chi connectivity index (χ1) is 17.0. The number of hydrogen-bond acceptors (Lipinski definition) is 7. The van der Waals surface area contributed by atoms with Gasteiger partial charge < -0.3 is 10.1 Å². The zero-order valence-electron chi connectivity index (χ0n) is 20.5. The molecule has 192 valence electrons. The lowest BCUT2D eigenvalue weighted by Gasteiger charge is -2.14. The normalized spacial score (nSPS) is 11.5. The van der Waals surface area contributed by atoms with Gasteiger partial charge in [0.15, 0.2) is 5.69 Å². The SMILES string of the molecule is CCCNS(=O)(=O)c1cc([N+](=O)[O-])ccc1Oc1c(C)c(C(=O)NCC(C)C)nn1-c1ccccc1. The highest BCUT2D eigenvalue weighted by Crippen LogP contribution is 2.35. The number of amides is 1. The second kappa shape index (κ2) is 11.3. The topological polar surface area (TPSA) is 145 Å². The second-order valence-corrected chi connectivity index (χ2v) is 10.3. The van der Waals surface area contributed by atoms with Crippen LogP contribution in [0.4, 0.5) is 5.69 Å². The van der Waals surface area contributed by atoms with Crippen LogP contribution in [0.5, 0.6) is 11.6 Å². The average Bonchev–Trinajstić information content (AvgIpc) is 3.17. The van der Waals surface area contributed by atoms with Gasteiger partial charge in [-0.3, -0.25) is 14.9 Å². The minimum absolute atomic E-state index is 0.108. The molecule has 0 unspecified atom stereocenters. The fourth-order valence-electron chi connectivity index (χ4n) is 3.26. The molecular formula is C24H29N5O6S. The molecule has 0 aliphatic rings. The Morgan fingerprint density at radius 2 is 1.89 bits per heavy atom. The van der Waals surface area contributed by atoms with Crippen LogP contribution in [-0.2, 0) is 10.0 Å². The zero-order valence-corrected chi connectivity index (χ0v) is 21.3. The molecule has 0 bridgehead atoms. The minimum Gasteiger partial charge on any atom is -0.437 e. The summed E-state index contributed by atoms with van der Waals surface area (Å²) in [5, 5.41) is 18.6. The Balaban J connectivity index is 2.15. The van der Waals surface area contributed by atoms with Crippen LogP contribution in [0.25, 0.3) is 5.69 Å². The van der Waals surface area contributed by atoms with Gasteiger partial charge in [0, 0.05) is 30.8 Å². The van der Waals surface area contributed by atoms with Gasteiger partial charge in [0.2, 0.25) is 15.9 Å². The summed E-state index contributed by atoms with van der Waals surface area (Å²) in [6, 6.07) is 12.2. The number of carbonyl (C=O) groups is 1. The van der Waals surface area contributed by atoms with Crippen molar-refractivity contribution in [2.75, 3.05) is 13.1 Å². The van der Waals surface area contributed by atoms with E-state index in [4.69, 9.17) is 4.74 Å². The summed E-state index contributed by atoms with van der Waals surface area (Å²) in [7, 11) is -4.14. The molecule has 0 saturated heterocycles. The van der Waals surface area contributed by atoms with Crippen molar-refractivity contribution in [2.45, 2.75) is 39.0 Å². The molecule has 2 N–H and O–H groups in total. The highest BCUT2D eigenvalue weighted by molar-refractivity contribution is 7.89. The number of sulfonamides is 1. The first-order valence-electron chi connectivity index (χ1n) is 11.4. The molecule has 0 radical (unpaired) electrons. The minimum atomic E-state index is -4.14. The van der Waals surface area contributed by atoms with Gasteiger partial charge in [-0.25, -0.2) is 13.1 Å². The number of aromatic nitrogens is 2. The third-order valence-corrected chi connectivity index (χ3v) is 6.61. The van der Waals surface area contributed by atoms with Crippen LogP contribution in [0.1, 0.15) is 43.2 Å². The van der Waals surface area contributed by atoms with E-state index in [0.29, 0.717) is 24.2 Å². The third kappa shape index (κ3) is 6.07. The van der Waals surface area contributed by atoms with Crippen molar-refractivity contribution >= 4 is 21.6 Å². The van der Waals surface area contributed by atoms with Gasteiger partial charge in [0.05, 0.1) is 10.6 Å². The van der Waals surface area contributed by atoms with E-state index in [2.05, 4.69) is 15.1 Å². The lowest BCUT2D eigenvalue weighted by Crippen LogP contribution is -2.28. The van der Waals surface area contributed by atoms with Crippen LogP contribution < -0.4 is 14.8 Å². The summed E-state index contributed by atoms with van der Waals surface area (Å²) in [6.07, 6.45) is 0.527. The molecule has 36 heavy (non-hydrogen) atoms. The smallest absolute Gasteiger partial charge is 0.272 e. The van der Waals surface area contributed by atoms with E-state index in [-0.39, 0.29) is 29.8 Å². The molecule has 0 saturated carbocycles. The number of hydrogen-bond donors (Lipinski definition) is 2. The van der Waals surface area contributed by atoms with Crippen LogP contribution in [0.15, 0.2) is 53.4 Å². The van der Waals surface area contributed by atoms with E-state index in [1.165, 1.54) is 10.7 Å². The molecule has 0 fully saturated rings. The molecule has 1 heterocycles. The van der Waals surface area contributed by atoms with Crippen LogP contribution in [0.3, 0.4) is 0 Å². The van der Waals surface area contributed by atoms with Crippen molar-refractivity contribution in [3.8, 4) is 17.3 Å². The van der Waals surface area contributed by atoms with Gasteiger partial charge in [0.1, 0.15) is 10.6 Å². The summed E-state index contributed by atoms with van der Waals surface area (Å²) in [6.45, 7) is 7.95. The van der Waals surface area contributed by atoms with Crippen molar-refractivity contribution in [3.63, 3.8) is 0 Å². The fourth-order valence-corrected chi connectivity index (χ4v) is 4.54. The first kappa shape index (κ1) is 26.8. The molecular weight excluding hydrogens is 486 g/mol. The fraction of sp³-hybridized carbons (Fsp3) is 0.333. The first-order valence-corrected chi connectivity index (χ1v) is 12.9. The monoisotopic (exact) mass is 515 g/mol. The van der Waals surface area contributed by atoms with Crippen LogP contribution >= 0.6 is 0 Å². The molecule has 0 aliphatic carbocycles. The summed E-state index contributed by atoms with van der Waals surface area (Å²) in [5.74, 6) is -0.207. The molecule has 3 aromatic rings. The number of para-hydroxylation sites is 1. The Labute approximate surface area is 209 Å². The molecule has 2 aromatic carbocycles. The quantitative estimate of drug-likeness (QED) is 0.290. The van der Waals surface area contributed by atoms with E-state index in [1.54, 1.807) is 38.1 Å². The molecule has 1 amide bonds. The molecule has 0 atom stereocenters. The van der Waals surface area contributed by atoms with Gasteiger partial charge >= 0.3 is 0 Å². The Morgan fingerprint density at radius 3 is 2.50 bits per heavy atom. The number of nitro groups is 1. The standard InChI is InChI=1S/C24H29N5O6S/c1-5-13-26-36(33,34)21-14-19(29(31)32)11-12-20(21)35-24-17(4)22(23(30)25-15-16(2)3)27-28(24)18-9-7-6-8-10-18/h6-12,14,16,26H,5,13,15H2,1-4H3,(H,25,30). The number of benzene rings is 2. The number of rotatable bonds is 11. The largest absolute Gasteiger partial charge is 0.437 e. The highest BCUT2D eigenvalue weighted by atomic mass is 32.2. The van der Waals surface area contributed by atoms with Gasteiger partial charge in [-0.1, -0.05) is 39.0 Å². The maximum absolute atomic E-state index is 13.0. The van der Waals surface area contributed by atoms with E-state index in [1.807, 2.05) is 19.9 Å². The maximum atomic E-state index is 13.0. The summed E-state index contributed by atoms with van der Waals surface area (Å²) < 4.78 is 35.8. The molecule has 3 rings (SSSR count). The van der Waals surface area contributed by atoms with Crippen molar-refractivity contribution in [1.82, 2.24) is 19.8 Å². The van der Waals surface area contributed by atoms with Crippen LogP contribution in [0.2, 0.25) is 0 Å². The van der Waals surface area contributed by atoms with E-state index in [9.17, 15) is 23.3 Å². The molecule has 1 aromatic heterocycles. The van der Waals surface area contributed by atoms with E-state index < -0.39 is 31.4 Å². The lowest BCUT2D eigenvalue weighted by atomic mass is 10.2. The van der Waals surface area contributed by atoms with E-state index in [0.717, 1.165) is 12.1 Å². The zero-order chi connectivity index (χ0) is 26.5. The number of nitro benzene ring substituents is 1. The van der Waals surface area contributed by atoms with Crippen molar-refractivity contribution < 1.29 is 22.9 Å². The number of non-ortho nitro benzene ring substituents is 1.